The maximum Gasteiger partial charge on any atom is 0.132 e. The van der Waals surface area contributed by atoms with Crippen molar-refractivity contribution in [1.29, 1.82) is 0 Å². The molecule has 0 saturated heterocycles. The number of aromatic nitrogens is 1. The number of aryl methyl sites for hydroxylation is 1. The zero-order valence-electron chi connectivity index (χ0n) is 8.87. The lowest BCUT2D eigenvalue weighted by atomic mass is 10.2. The van der Waals surface area contributed by atoms with Crippen LogP contribution in [0.4, 0.5) is 17.2 Å². The van der Waals surface area contributed by atoms with Crippen molar-refractivity contribution in [2.24, 2.45) is 0 Å². The van der Waals surface area contributed by atoms with E-state index in [0.717, 1.165) is 16.0 Å². The molecule has 0 amide bonds. The summed E-state index contributed by atoms with van der Waals surface area (Å²) < 4.78 is 1.01. The molecule has 2 rings (SSSR count). The van der Waals surface area contributed by atoms with Crippen LogP contribution < -0.4 is 11.1 Å². The number of nitrogen functional groups attached to an aromatic ring is 1. The fourth-order valence-electron chi connectivity index (χ4n) is 1.37. The van der Waals surface area contributed by atoms with Gasteiger partial charge in [0, 0.05) is 22.4 Å². The van der Waals surface area contributed by atoms with Crippen LogP contribution in [0.5, 0.6) is 0 Å². The van der Waals surface area contributed by atoms with Gasteiger partial charge in [-0.2, -0.15) is 0 Å². The molecule has 2 aromatic rings. The molecule has 0 unspecified atom stereocenters. The standard InChI is InChI=1S/C12H12BrN3/c1-8-2-3-11(10(13)6-8)16-12-7-9(14)4-5-15-12/h2-7H,1H3,(H3,14,15,16). The number of nitrogens with one attached hydrogen (secondary N) is 1. The van der Waals surface area contributed by atoms with Crippen LogP contribution in [0.1, 0.15) is 5.56 Å². The van der Waals surface area contributed by atoms with E-state index in [0.29, 0.717) is 5.69 Å². The second kappa shape index (κ2) is 4.53. The largest absolute Gasteiger partial charge is 0.399 e. The topological polar surface area (TPSA) is 50.9 Å². The maximum absolute atomic E-state index is 5.68. The molecular formula is C12H12BrN3. The van der Waals surface area contributed by atoms with E-state index in [1.54, 1.807) is 18.3 Å². The molecule has 0 atom stereocenters. The predicted octanol–water partition coefficient (Wildman–Crippen LogP) is 3.48. The molecule has 1 heterocycles. The van der Waals surface area contributed by atoms with Gasteiger partial charge in [0.2, 0.25) is 0 Å². The number of pyridine rings is 1. The monoisotopic (exact) mass is 277 g/mol. The van der Waals surface area contributed by atoms with E-state index in [2.05, 4.69) is 32.3 Å². The average Bonchev–Trinajstić information content (AvgIpc) is 2.22. The number of anilines is 3. The van der Waals surface area contributed by atoms with Crippen molar-refractivity contribution in [3.05, 3.63) is 46.6 Å². The quantitative estimate of drug-likeness (QED) is 0.884. The molecule has 0 radical (unpaired) electrons. The van der Waals surface area contributed by atoms with E-state index in [1.807, 2.05) is 19.1 Å². The molecule has 0 saturated carbocycles. The summed E-state index contributed by atoms with van der Waals surface area (Å²) in [6.45, 7) is 2.05. The summed E-state index contributed by atoms with van der Waals surface area (Å²) in [5, 5.41) is 3.20. The van der Waals surface area contributed by atoms with Gasteiger partial charge in [0.25, 0.3) is 0 Å². The number of benzene rings is 1. The Bertz CT molecular complexity index is 511. The highest BCUT2D eigenvalue weighted by molar-refractivity contribution is 9.10. The van der Waals surface area contributed by atoms with E-state index in [1.165, 1.54) is 5.56 Å². The third kappa shape index (κ3) is 2.52. The smallest absolute Gasteiger partial charge is 0.132 e. The molecule has 0 spiro atoms. The van der Waals surface area contributed by atoms with E-state index >= 15 is 0 Å². The van der Waals surface area contributed by atoms with E-state index in [-0.39, 0.29) is 0 Å². The Morgan fingerprint density at radius 1 is 1.25 bits per heavy atom. The Morgan fingerprint density at radius 2 is 2.06 bits per heavy atom. The summed E-state index contributed by atoms with van der Waals surface area (Å²) in [4.78, 5) is 4.19. The molecule has 0 aliphatic carbocycles. The fraction of sp³-hybridized carbons (Fsp3) is 0.0833. The van der Waals surface area contributed by atoms with Crippen LogP contribution in [0.25, 0.3) is 0 Å². The van der Waals surface area contributed by atoms with Crippen molar-refractivity contribution in [3.8, 4) is 0 Å². The summed E-state index contributed by atoms with van der Waals surface area (Å²) in [7, 11) is 0. The first-order chi connectivity index (χ1) is 7.65. The number of halogens is 1. The van der Waals surface area contributed by atoms with Crippen LogP contribution in [0.3, 0.4) is 0 Å². The summed E-state index contributed by atoms with van der Waals surface area (Å²) in [5.74, 6) is 0.740. The second-order valence-corrected chi connectivity index (χ2v) is 4.44. The Hall–Kier alpha value is -1.55. The molecule has 1 aromatic carbocycles. The molecule has 82 valence electrons. The maximum atomic E-state index is 5.68. The van der Waals surface area contributed by atoms with Gasteiger partial charge in [0.05, 0.1) is 5.69 Å². The predicted molar refractivity (Wildman–Crippen MR) is 70.8 cm³/mol. The number of nitrogens with two attached hydrogens (primary N) is 1. The van der Waals surface area contributed by atoms with Gasteiger partial charge in [-0.15, -0.1) is 0 Å². The van der Waals surface area contributed by atoms with Crippen LogP contribution >= 0.6 is 15.9 Å². The SMILES string of the molecule is Cc1ccc(Nc2cc(N)ccn2)c(Br)c1. The van der Waals surface area contributed by atoms with Crippen molar-refractivity contribution in [2.75, 3.05) is 11.1 Å². The highest BCUT2D eigenvalue weighted by Gasteiger charge is 2.01. The first-order valence-electron chi connectivity index (χ1n) is 4.90. The van der Waals surface area contributed by atoms with E-state index < -0.39 is 0 Å². The molecule has 0 fully saturated rings. The molecule has 0 aliphatic rings. The van der Waals surface area contributed by atoms with Crippen molar-refractivity contribution < 1.29 is 0 Å². The van der Waals surface area contributed by atoms with Gasteiger partial charge >= 0.3 is 0 Å². The van der Waals surface area contributed by atoms with Gasteiger partial charge < -0.3 is 11.1 Å². The molecule has 3 N–H and O–H groups in total. The van der Waals surface area contributed by atoms with E-state index in [4.69, 9.17) is 5.73 Å². The lowest BCUT2D eigenvalue weighted by molar-refractivity contribution is 1.30. The van der Waals surface area contributed by atoms with Crippen molar-refractivity contribution in [2.45, 2.75) is 6.92 Å². The lowest BCUT2D eigenvalue weighted by Gasteiger charge is -2.08. The Kier molecular flexibility index (Phi) is 3.10. The van der Waals surface area contributed by atoms with Gasteiger partial charge in [-0.25, -0.2) is 4.98 Å². The highest BCUT2D eigenvalue weighted by Crippen LogP contribution is 2.26. The summed E-state index contributed by atoms with van der Waals surface area (Å²) >= 11 is 3.50. The summed E-state index contributed by atoms with van der Waals surface area (Å²) in [6.07, 6.45) is 1.68. The molecule has 4 heteroatoms. The van der Waals surface area contributed by atoms with Gasteiger partial charge in [0.15, 0.2) is 0 Å². The third-order valence-electron chi connectivity index (χ3n) is 2.17. The first kappa shape index (κ1) is 11.0. The highest BCUT2D eigenvalue weighted by atomic mass is 79.9. The molecule has 0 aliphatic heterocycles. The van der Waals surface area contributed by atoms with Crippen LogP contribution in [-0.4, -0.2) is 4.98 Å². The summed E-state index contributed by atoms with van der Waals surface area (Å²) in [6, 6.07) is 9.65. The minimum absolute atomic E-state index is 0.695. The summed E-state index contributed by atoms with van der Waals surface area (Å²) in [5.41, 5.74) is 8.56. The zero-order chi connectivity index (χ0) is 11.5. The molecule has 1 aromatic heterocycles. The molecule has 16 heavy (non-hydrogen) atoms. The molecule has 0 bridgehead atoms. The second-order valence-electron chi connectivity index (χ2n) is 3.58. The normalized spacial score (nSPS) is 10.1. The molecular weight excluding hydrogens is 266 g/mol. The molecule has 3 nitrogen and oxygen atoms in total. The third-order valence-corrected chi connectivity index (χ3v) is 2.83. The van der Waals surface area contributed by atoms with Gasteiger partial charge in [-0.3, -0.25) is 0 Å². The van der Waals surface area contributed by atoms with Crippen molar-refractivity contribution in [3.63, 3.8) is 0 Å². The van der Waals surface area contributed by atoms with Crippen LogP contribution in [-0.2, 0) is 0 Å². The Balaban J connectivity index is 2.27. The average molecular weight is 278 g/mol. The van der Waals surface area contributed by atoms with Crippen molar-refractivity contribution >= 4 is 33.1 Å². The number of hydrogen-bond acceptors (Lipinski definition) is 3. The Labute approximate surface area is 103 Å². The van der Waals surface area contributed by atoms with Crippen LogP contribution in [0, 0.1) is 6.92 Å². The van der Waals surface area contributed by atoms with Gasteiger partial charge in [-0.05, 0) is 46.6 Å². The van der Waals surface area contributed by atoms with Crippen molar-refractivity contribution in [1.82, 2.24) is 4.98 Å². The van der Waals surface area contributed by atoms with Crippen LogP contribution in [0.2, 0.25) is 0 Å². The number of hydrogen-bond donors (Lipinski definition) is 2. The minimum Gasteiger partial charge on any atom is -0.399 e. The minimum atomic E-state index is 0.695. The number of rotatable bonds is 2. The van der Waals surface area contributed by atoms with Gasteiger partial charge in [-0.1, -0.05) is 6.07 Å². The Morgan fingerprint density at radius 3 is 2.75 bits per heavy atom. The first-order valence-corrected chi connectivity index (χ1v) is 5.69. The lowest BCUT2D eigenvalue weighted by Crippen LogP contribution is -1.95. The van der Waals surface area contributed by atoms with Crippen LogP contribution in [0.15, 0.2) is 41.0 Å². The fourth-order valence-corrected chi connectivity index (χ4v) is 1.97. The van der Waals surface area contributed by atoms with Gasteiger partial charge in [0.1, 0.15) is 5.82 Å². The zero-order valence-corrected chi connectivity index (χ0v) is 10.5. The van der Waals surface area contributed by atoms with E-state index in [9.17, 15) is 0 Å². The number of nitrogens with zero attached hydrogens (tertiary/aromatic N) is 1.